The van der Waals surface area contributed by atoms with Gasteiger partial charge in [0.05, 0.1) is 19.8 Å². The van der Waals surface area contributed by atoms with Gasteiger partial charge in [-0.2, -0.15) is 0 Å². The number of hydrogen-bond acceptors (Lipinski definition) is 8. The number of carbonyl (C=O) groups is 2. The van der Waals surface area contributed by atoms with Gasteiger partial charge < -0.3 is 25.2 Å². The van der Waals surface area contributed by atoms with E-state index in [4.69, 9.17) is 29.4 Å². The number of phosphoric ester groups is 1. The van der Waals surface area contributed by atoms with Crippen molar-refractivity contribution < 1.29 is 42.7 Å². The minimum absolute atomic E-state index is 0.00518. The standard InChI is InChI=1S/C54H96NO9P/c1-3-5-7-9-11-13-15-17-19-21-23-25-27-29-31-33-35-37-39-41-43-45-47-61-48-51(49-62-65(59,60)63-50-52(55)54(57)58)64-53(56)46-44-42-40-38-36-34-32-30-28-26-24-22-20-18-16-14-12-10-8-6-4-2/h6,8,12,14,18,20-21,23-24,26,30,32,51-52H,3-5,7,9-11,13,15-17,19,22,25,27-29,31,33-50,55H2,1-2H3,(H,57,58)(H,59,60)/b8-6-,14-12-,20-18-,23-21-,26-24-,32-30-. The average molecular weight is 934 g/mol. The molecule has 0 aromatic heterocycles. The van der Waals surface area contributed by atoms with Gasteiger partial charge >= 0.3 is 19.8 Å². The van der Waals surface area contributed by atoms with Gasteiger partial charge in [0.2, 0.25) is 0 Å². The molecule has 10 nitrogen and oxygen atoms in total. The fourth-order valence-corrected chi connectivity index (χ4v) is 7.76. The van der Waals surface area contributed by atoms with Crippen molar-refractivity contribution in [2.75, 3.05) is 26.4 Å². The maximum Gasteiger partial charge on any atom is 0.472 e. The Morgan fingerprint density at radius 2 is 0.892 bits per heavy atom. The van der Waals surface area contributed by atoms with Crippen LogP contribution in [0.25, 0.3) is 0 Å². The Morgan fingerprint density at radius 3 is 1.35 bits per heavy atom. The van der Waals surface area contributed by atoms with E-state index in [-0.39, 0.29) is 13.0 Å². The van der Waals surface area contributed by atoms with Gasteiger partial charge in [0.15, 0.2) is 0 Å². The zero-order valence-electron chi connectivity index (χ0n) is 41.3. The number of aliphatic carboxylic acids is 1. The molecule has 0 bridgehead atoms. The fraction of sp³-hybridized carbons (Fsp3) is 0.741. The van der Waals surface area contributed by atoms with Gasteiger partial charge in [-0.1, -0.05) is 202 Å². The topological polar surface area (TPSA) is 155 Å². The monoisotopic (exact) mass is 934 g/mol. The van der Waals surface area contributed by atoms with E-state index in [1.807, 2.05) is 0 Å². The number of carboxylic acids is 1. The minimum Gasteiger partial charge on any atom is -0.480 e. The third-order valence-electron chi connectivity index (χ3n) is 11.0. The minimum atomic E-state index is -4.63. The highest BCUT2D eigenvalue weighted by Crippen LogP contribution is 2.43. The predicted octanol–water partition coefficient (Wildman–Crippen LogP) is 15.3. The molecule has 0 saturated heterocycles. The van der Waals surface area contributed by atoms with Crippen molar-refractivity contribution in [2.45, 2.75) is 231 Å². The van der Waals surface area contributed by atoms with Gasteiger partial charge in [-0.15, -0.1) is 0 Å². The smallest absolute Gasteiger partial charge is 0.472 e. The van der Waals surface area contributed by atoms with Gasteiger partial charge in [0.25, 0.3) is 0 Å². The summed E-state index contributed by atoms with van der Waals surface area (Å²) in [5.41, 5.74) is 5.38. The van der Waals surface area contributed by atoms with E-state index in [1.54, 1.807) is 0 Å². The van der Waals surface area contributed by atoms with Crippen LogP contribution in [0.3, 0.4) is 0 Å². The Labute approximate surface area is 397 Å². The SMILES string of the molecule is CC/C=C\C/C=C\C/C=C\C/C=C\C/C=C\CCCCCCCC(=O)OC(COCCCCCCCCCCCC/C=C\CCCCCCCCCC)COP(=O)(O)OCC(N)C(=O)O. The molecule has 0 amide bonds. The van der Waals surface area contributed by atoms with Crippen LogP contribution in [0.15, 0.2) is 72.9 Å². The van der Waals surface area contributed by atoms with Crippen LogP contribution in [0.4, 0.5) is 0 Å². The first kappa shape index (κ1) is 62.4. The molecule has 0 aromatic carbocycles. The molecule has 0 aliphatic rings. The molecule has 3 atom stereocenters. The van der Waals surface area contributed by atoms with Crippen molar-refractivity contribution >= 4 is 19.8 Å². The number of nitrogens with two attached hydrogens (primary N) is 1. The van der Waals surface area contributed by atoms with Gasteiger partial charge in [0.1, 0.15) is 12.1 Å². The first-order chi connectivity index (χ1) is 31.7. The number of ether oxygens (including phenoxy) is 2. The summed E-state index contributed by atoms with van der Waals surface area (Å²) in [6.45, 7) is 3.76. The number of allylic oxidation sites excluding steroid dienone is 12. The van der Waals surface area contributed by atoms with E-state index in [0.29, 0.717) is 13.0 Å². The zero-order chi connectivity index (χ0) is 47.6. The summed E-state index contributed by atoms with van der Waals surface area (Å²) in [6, 6.07) is -1.48. The van der Waals surface area contributed by atoms with Crippen LogP contribution < -0.4 is 5.73 Å². The van der Waals surface area contributed by atoms with Crippen LogP contribution in [-0.2, 0) is 32.7 Å². The van der Waals surface area contributed by atoms with Crippen LogP contribution in [0.2, 0.25) is 0 Å². The maximum atomic E-state index is 12.7. The zero-order valence-corrected chi connectivity index (χ0v) is 42.2. The Kier molecular flexibility index (Phi) is 47.4. The molecule has 0 spiro atoms. The lowest BCUT2D eigenvalue weighted by Crippen LogP contribution is -2.34. The molecule has 0 aromatic rings. The van der Waals surface area contributed by atoms with Crippen LogP contribution >= 0.6 is 7.82 Å². The Bertz CT molecular complexity index is 1310. The normalized spacial score (nSPS) is 14.3. The number of carboxylic acid groups (broad SMARTS) is 1. The first-order valence-corrected chi connectivity index (χ1v) is 27.5. The molecule has 0 heterocycles. The number of esters is 1. The first-order valence-electron chi connectivity index (χ1n) is 26.0. The van der Waals surface area contributed by atoms with E-state index in [2.05, 4.69) is 86.8 Å². The quantitative estimate of drug-likeness (QED) is 0.0232. The van der Waals surface area contributed by atoms with Crippen LogP contribution in [0.5, 0.6) is 0 Å². The predicted molar refractivity (Wildman–Crippen MR) is 272 cm³/mol. The molecule has 0 aliphatic heterocycles. The molecule has 0 fully saturated rings. The second-order valence-electron chi connectivity index (χ2n) is 17.3. The molecule has 65 heavy (non-hydrogen) atoms. The van der Waals surface area contributed by atoms with E-state index in [0.717, 1.165) is 83.5 Å². The number of unbranched alkanes of at least 4 members (excludes halogenated alkanes) is 23. The highest BCUT2D eigenvalue weighted by molar-refractivity contribution is 7.47. The second kappa shape index (κ2) is 49.3. The molecule has 0 saturated carbocycles. The molecule has 3 unspecified atom stereocenters. The number of phosphoric acid groups is 1. The van der Waals surface area contributed by atoms with Crippen molar-refractivity contribution in [1.82, 2.24) is 0 Å². The Balaban J connectivity index is 4.18. The molecular formula is C54H96NO9P. The summed E-state index contributed by atoms with van der Waals surface area (Å²) < 4.78 is 33.5. The fourth-order valence-electron chi connectivity index (χ4n) is 6.98. The van der Waals surface area contributed by atoms with E-state index < -0.39 is 45.1 Å². The van der Waals surface area contributed by atoms with Crippen molar-refractivity contribution in [3.8, 4) is 0 Å². The van der Waals surface area contributed by atoms with Crippen LogP contribution in [0.1, 0.15) is 219 Å². The summed E-state index contributed by atoms with van der Waals surface area (Å²) in [5.74, 6) is -1.80. The number of carbonyl (C=O) groups excluding carboxylic acids is 1. The highest BCUT2D eigenvalue weighted by Gasteiger charge is 2.27. The van der Waals surface area contributed by atoms with Crippen LogP contribution in [-0.4, -0.2) is 60.5 Å². The maximum absolute atomic E-state index is 12.7. The van der Waals surface area contributed by atoms with E-state index >= 15 is 0 Å². The molecule has 4 N–H and O–H groups in total. The highest BCUT2D eigenvalue weighted by atomic mass is 31.2. The second-order valence-corrected chi connectivity index (χ2v) is 18.7. The molecule has 0 radical (unpaired) electrons. The Hall–Kier alpha value is -2.59. The summed E-state index contributed by atoms with van der Waals surface area (Å²) in [7, 11) is -4.63. The summed E-state index contributed by atoms with van der Waals surface area (Å²) in [6.07, 6.45) is 62.4. The molecular weight excluding hydrogens is 838 g/mol. The lowest BCUT2D eigenvalue weighted by molar-refractivity contribution is -0.154. The molecule has 0 aliphatic carbocycles. The van der Waals surface area contributed by atoms with Crippen LogP contribution in [0, 0.1) is 0 Å². The van der Waals surface area contributed by atoms with Crippen molar-refractivity contribution in [3.63, 3.8) is 0 Å². The van der Waals surface area contributed by atoms with Crippen molar-refractivity contribution in [3.05, 3.63) is 72.9 Å². The van der Waals surface area contributed by atoms with Crippen molar-refractivity contribution in [1.29, 1.82) is 0 Å². The van der Waals surface area contributed by atoms with Gasteiger partial charge in [-0.25, -0.2) is 4.57 Å². The van der Waals surface area contributed by atoms with Gasteiger partial charge in [-0.3, -0.25) is 18.6 Å². The third kappa shape index (κ3) is 49.1. The molecule has 11 heteroatoms. The van der Waals surface area contributed by atoms with Gasteiger partial charge in [-0.05, 0) is 83.5 Å². The largest absolute Gasteiger partial charge is 0.480 e. The lowest BCUT2D eigenvalue weighted by Gasteiger charge is -2.20. The molecule has 0 rings (SSSR count). The van der Waals surface area contributed by atoms with Gasteiger partial charge in [0, 0.05) is 13.0 Å². The number of hydrogen-bond donors (Lipinski definition) is 3. The lowest BCUT2D eigenvalue weighted by atomic mass is 10.1. The number of rotatable bonds is 49. The Morgan fingerprint density at radius 1 is 0.508 bits per heavy atom. The molecule has 376 valence electrons. The summed E-state index contributed by atoms with van der Waals surface area (Å²) >= 11 is 0. The van der Waals surface area contributed by atoms with E-state index in [9.17, 15) is 19.0 Å². The average Bonchev–Trinajstić information content (AvgIpc) is 3.29. The summed E-state index contributed by atoms with van der Waals surface area (Å²) in [5, 5.41) is 8.93. The summed E-state index contributed by atoms with van der Waals surface area (Å²) in [4.78, 5) is 33.7. The van der Waals surface area contributed by atoms with Crippen molar-refractivity contribution in [2.24, 2.45) is 5.73 Å². The van der Waals surface area contributed by atoms with E-state index in [1.165, 1.54) is 109 Å². The third-order valence-corrected chi connectivity index (χ3v) is 11.9.